The number of hydrogen-bond donors (Lipinski definition) is 1. The topological polar surface area (TPSA) is 87.2 Å². The molecule has 1 N–H and O–H groups in total. The number of carbonyl (C=O) groups is 3. The molecule has 7 saturated carbocycles. The van der Waals surface area contributed by atoms with Crippen LogP contribution in [0.5, 0.6) is 0 Å². The summed E-state index contributed by atoms with van der Waals surface area (Å²) < 4.78 is 6.48. The largest absolute Gasteiger partial charge is 0.481 e. The molecule has 318 valence electrons. The van der Waals surface area contributed by atoms with Gasteiger partial charge in [0, 0.05) is 24.5 Å². The lowest BCUT2D eigenvalue weighted by Crippen LogP contribution is -2.68. The molecule has 0 aromatic heterocycles. The highest BCUT2D eigenvalue weighted by Crippen LogP contribution is 2.78. The van der Waals surface area contributed by atoms with Gasteiger partial charge in [-0.1, -0.05) is 74.5 Å². The fourth-order valence-electron chi connectivity index (χ4n) is 18.1. The van der Waals surface area contributed by atoms with Crippen LogP contribution in [0.25, 0.3) is 0 Å². The van der Waals surface area contributed by atoms with Crippen molar-refractivity contribution in [2.24, 2.45) is 91.2 Å². The maximum absolute atomic E-state index is 15.7. The quantitative estimate of drug-likeness (QED) is 0.204. The first-order valence-electron chi connectivity index (χ1n) is 23.7. The van der Waals surface area contributed by atoms with Gasteiger partial charge in [-0.05, 0) is 172 Å². The van der Waals surface area contributed by atoms with Crippen LogP contribution in [0.2, 0.25) is 0 Å². The molecule has 2 aliphatic heterocycles. The molecular formula is C50H78N2O5. The number of rotatable bonds is 7. The number of carboxylic acids is 1. The second-order valence-corrected chi connectivity index (χ2v) is 24.6. The molecule has 7 aliphatic carbocycles. The standard InChI is InChI=1S/C50H78N2O5/c1-29(2)30-16-21-50(43(56)52-27-34-40(45(34,5)6)35(52)28-51-24-12-13-25-51)23-22-48(10)31(39(30)50)14-15-37-47(9)19-18-38(46(7,8)36(47)17-20-49(37,48)11)57-42(55)33-26-32(41(53)54)44(33,3)4/h30-40H,1,12-28H2,2-11H3,(H,53,54)/t30-,31+,32-,33+,34-,35+,36-,37+,38-,39+,40-,47-,48+,49+,50-/m0/s1. The molecule has 9 aliphatic rings. The Kier molecular flexibility index (Phi) is 9.11. The lowest BCUT2D eigenvalue weighted by Gasteiger charge is -2.73. The lowest BCUT2D eigenvalue weighted by atomic mass is 9.32. The van der Waals surface area contributed by atoms with Gasteiger partial charge in [-0.25, -0.2) is 0 Å². The predicted octanol–water partition coefficient (Wildman–Crippen LogP) is 9.88. The Bertz CT molecular complexity index is 1710. The van der Waals surface area contributed by atoms with E-state index in [9.17, 15) is 14.7 Å². The number of piperidine rings is 1. The molecule has 0 radical (unpaired) electrons. The average molecular weight is 787 g/mol. The number of esters is 1. The number of fused-ring (bicyclic) bond motifs is 8. The Labute approximate surface area is 345 Å². The van der Waals surface area contributed by atoms with Gasteiger partial charge in [0.25, 0.3) is 0 Å². The fraction of sp³-hybridized carbons (Fsp3) is 0.900. The molecular weight excluding hydrogens is 709 g/mol. The Morgan fingerprint density at radius 3 is 2.07 bits per heavy atom. The van der Waals surface area contributed by atoms with E-state index in [-0.39, 0.29) is 45.1 Å². The number of carbonyl (C=O) groups excluding carboxylic acids is 2. The van der Waals surface area contributed by atoms with E-state index in [1.165, 1.54) is 50.8 Å². The normalized spacial score (nSPS) is 50.0. The molecule has 0 bridgehead atoms. The SMILES string of the molecule is C=C(C)[C@@H]1CC[C@]2(C(=O)N3C[C@H]4[C@@H]([C@H]3CN3CCCC3)C4(C)C)CC[C@]3(C)[C@H](CC[C@@H]4[C@@]5(C)CC[C@H](OC(=O)[C@H]6C[C@@H](C(=O)O)C6(C)C)C(C)(C)[C@@H]5CC[C@]43C)[C@@H]12. The summed E-state index contributed by atoms with van der Waals surface area (Å²) in [5, 5.41) is 9.70. The highest BCUT2D eigenvalue weighted by molar-refractivity contribution is 5.85. The Hall–Kier alpha value is -1.89. The van der Waals surface area contributed by atoms with E-state index in [0.717, 1.165) is 58.0 Å². The zero-order valence-electron chi connectivity index (χ0n) is 37.6. The number of ether oxygens (including phenoxy) is 1. The number of allylic oxidation sites excluding steroid dienone is 1. The summed E-state index contributed by atoms with van der Waals surface area (Å²) in [5.41, 5.74) is 1.14. The van der Waals surface area contributed by atoms with Crippen LogP contribution in [0.3, 0.4) is 0 Å². The summed E-state index contributed by atoms with van der Waals surface area (Å²) in [6.45, 7) is 32.8. The number of aliphatic carboxylic acids is 1. The second-order valence-electron chi connectivity index (χ2n) is 24.6. The van der Waals surface area contributed by atoms with Crippen LogP contribution in [0.1, 0.15) is 153 Å². The number of amides is 1. The number of likely N-dealkylation sites (tertiary alicyclic amines) is 2. The van der Waals surface area contributed by atoms with Crippen molar-refractivity contribution >= 4 is 17.8 Å². The zero-order chi connectivity index (χ0) is 41.0. The first-order chi connectivity index (χ1) is 26.6. The van der Waals surface area contributed by atoms with E-state index >= 15 is 4.79 Å². The Balaban J connectivity index is 0.970. The van der Waals surface area contributed by atoms with E-state index in [1.807, 2.05) is 13.8 Å². The van der Waals surface area contributed by atoms with Gasteiger partial charge in [0.05, 0.1) is 17.3 Å². The average Bonchev–Trinajstić information content (AvgIpc) is 3.66. The van der Waals surface area contributed by atoms with E-state index in [0.29, 0.717) is 65.2 Å². The number of hydrogen-bond acceptors (Lipinski definition) is 5. The molecule has 0 unspecified atom stereocenters. The monoisotopic (exact) mass is 787 g/mol. The molecule has 7 heteroatoms. The molecule has 2 saturated heterocycles. The Morgan fingerprint density at radius 2 is 1.42 bits per heavy atom. The maximum atomic E-state index is 15.7. The molecule has 57 heavy (non-hydrogen) atoms. The summed E-state index contributed by atoms with van der Waals surface area (Å²) in [7, 11) is 0. The van der Waals surface area contributed by atoms with E-state index in [1.54, 1.807) is 0 Å². The summed E-state index contributed by atoms with van der Waals surface area (Å²) in [4.78, 5) is 46.3. The summed E-state index contributed by atoms with van der Waals surface area (Å²) in [6.07, 6.45) is 13.9. The summed E-state index contributed by atoms with van der Waals surface area (Å²) in [6, 6.07) is 0.367. The van der Waals surface area contributed by atoms with Crippen molar-refractivity contribution in [3.05, 3.63) is 12.2 Å². The van der Waals surface area contributed by atoms with Crippen molar-refractivity contribution < 1.29 is 24.2 Å². The van der Waals surface area contributed by atoms with Crippen molar-refractivity contribution in [2.45, 2.75) is 165 Å². The van der Waals surface area contributed by atoms with Crippen molar-refractivity contribution in [3.63, 3.8) is 0 Å². The molecule has 7 nitrogen and oxygen atoms in total. The summed E-state index contributed by atoms with van der Waals surface area (Å²) >= 11 is 0. The molecule has 9 fully saturated rings. The zero-order valence-corrected chi connectivity index (χ0v) is 37.6. The number of nitrogens with zero attached hydrogens (tertiary/aromatic N) is 2. The van der Waals surface area contributed by atoms with Crippen LogP contribution in [0.4, 0.5) is 0 Å². The molecule has 2 heterocycles. The first-order valence-corrected chi connectivity index (χ1v) is 23.7. The highest BCUT2D eigenvalue weighted by Gasteiger charge is 2.74. The van der Waals surface area contributed by atoms with Crippen molar-refractivity contribution in [2.75, 3.05) is 26.2 Å². The van der Waals surface area contributed by atoms with Gasteiger partial charge in [-0.3, -0.25) is 14.4 Å². The van der Waals surface area contributed by atoms with Crippen LogP contribution >= 0.6 is 0 Å². The predicted molar refractivity (Wildman–Crippen MR) is 224 cm³/mol. The van der Waals surface area contributed by atoms with Crippen LogP contribution in [0.15, 0.2) is 12.2 Å². The summed E-state index contributed by atoms with van der Waals surface area (Å²) in [5.74, 6) is 2.37. The van der Waals surface area contributed by atoms with Crippen molar-refractivity contribution in [1.82, 2.24) is 9.80 Å². The van der Waals surface area contributed by atoms with Crippen LogP contribution in [-0.4, -0.2) is 71.1 Å². The van der Waals surface area contributed by atoms with E-state index in [2.05, 4.69) is 71.8 Å². The Morgan fingerprint density at radius 1 is 0.719 bits per heavy atom. The third-order valence-electron chi connectivity index (χ3n) is 21.8. The van der Waals surface area contributed by atoms with Gasteiger partial charge in [-0.15, -0.1) is 0 Å². The van der Waals surface area contributed by atoms with Gasteiger partial charge in [0.1, 0.15) is 6.10 Å². The fourth-order valence-corrected chi connectivity index (χ4v) is 18.1. The van der Waals surface area contributed by atoms with E-state index in [4.69, 9.17) is 4.74 Å². The molecule has 9 rings (SSSR count). The molecule has 15 atom stereocenters. The highest BCUT2D eigenvalue weighted by atomic mass is 16.5. The minimum absolute atomic E-state index is 0.147. The van der Waals surface area contributed by atoms with Gasteiger partial charge < -0.3 is 19.6 Å². The third kappa shape index (κ3) is 5.33. The van der Waals surface area contributed by atoms with Crippen LogP contribution in [0, 0.1) is 91.2 Å². The van der Waals surface area contributed by atoms with E-state index < -0.39 is 17.3 Å². The third-order valence-corrected chi connectivity index (χ3v) is 21.8. The van der Waals surface area contributed by atoms with Crippen LogP contribution < -0.4 is 0 Å². The van der Waals surface area contributed by atoms with Gasteiger partial charge in [0.15, 0.2) is 0 Å². The van der Waals surface area contributed by atoms with Gasteiger partial charge in [0.2, 0.25) is 5.91 Å². The molecule has 1 amide bonds. The molecule has 0 aromatic carbocycles. The van der Waals surface area contributed by atoms with Gasteiger partial charge >= 0.3 is 11.9 Å². The first kappa shape index (κ1) is 40.5. The van der Waals surface area contributed by atoms with Crippen molar-refractivity contribution in [3.8, 4) is 0 Å². The smallest absolute Gasteiger partial charge is 0.309 e. The minimum Gasteiger partial charge on any atom is -0.481 e. The second kappa shape index (κ2) is 12.8. The van der Waals surface area contributed by atoms with Crippen LogP contribution in [-0.2, 0) is 19.1 Å². The number of carboxylic acid groups (broad SMARTS) is 1. The van der Waals surface area contributed by atoms with Crippen molar-refractivity contribution in [1.29, 1.82) is 0 Å². The lowest BCUT2D eigenvalue weighted by molar-refractivity contribution is -0.251. The minimum atomic E-state index is -0.807. The van der Waals surface area contributed by atoms with Gasteiger partial charge in [-0.2, -0.15) is 0 Å². The molecule has 0 spiro atoms. The maximum Gasteiger partial charge on any atom is 0.309 e. The molecule has 0 aromatic rings.